The van der Waals surface area contributed by atoms with Crippen LogP contribution in [0.3, 0.4) is 0 Å². The van der Waals surface area contributed by atoms with Crippen molar-refractivity contribution in [1.29, 1.82) is 0 Å². The summed E-state index contributed by atoms with van der Waals surface area (Å²) in [5.41, 5.74) is 0.980. The van der Waals surface area contributed by atoms with Gasteiger partial charge in [-0.1, -0.05) is 17.7 Å². The Hall–Kier alpha value is -1.85. The first-order valence-corrected chi connectivity index (χ1v) is 7.79. The zero-order valence-electron chi connectivity index (χ0n) is 12.5. The Kier molecular flexibility index (Phi) is 4.18. The number of piperidine rings is 1. The van der Waals surface area contributed by atoms with Gasteiger partial charge in [-0.2, -0.15) is 5.10 Å². The van der Waals surface area contributed by atoms with E-state index in [0.29, 0.717) is 17.9 Å². The molecule has 1 aliphatic rings. The predicted octanol–water partition coefficient (Wildman–Crippen LogP) is 2.56. The fraction of sp³-hybridized carbons (Fsp3) is 0.375. The van der Waals surface area contributed by atoms with Crippen molar-refractivity contribution in [2.45, 2.75) is 25.3 Å². The third kappa shape index (κ3) is 2.62. The average Bonchev–Trinajstić information content (AvgIpc) is 3.07. The molecular formula is C16H19ClN4O. The molecule has 0 unspecified atom stereocenters. The maximum absolute atomic E-state index is 13.0. The lowest BCUT2D eigenvalue weighted by Crippen LogP contribution is -2.52. The first kappa shape index (κ1) is 15.1. The Bertz CT molecular complexity index is 663. The molecular weight excluding hydrogens is 300 g/mol. The van der Waals surface area contributed by atoms with Gasteiger partial charge >= 0.3 is 0 Å². The quantitative estimate of drug-likeness (QED) is 0.914. The van der Waals surface area contributed by atoms with Crippen LogP contribution in [-0.2, 0) is 10.3 Å². The van der Waals surface area contributed by atoms with Gasteiger partial charge < -0.3 is 10.6 Å². The number of carbonyl (C=O) groups is 1. The van der Waals surface area contributed by atoms with Gasteiger partial charge in [0.15, 0.2) is 0 Å². The van der Waals surface area contributed by atoms with Crippen molar-refractivity contribution in [1.82, 2.24) is 15.1 Å². The molecule has 6 heteroatoms. The summed E-state index contributed by atoms with van der Waals surface area (Å²) in [6.07, 6.45) is 4.98. The number of nitrogens with one attached hydrogen (secondary N) is 2. The van der Waals surface area contributed by atoms with E-state index in [9.17, 15) is 4.79 Å². The number of halogens is 1. The van der Waals surface area contributed by atoms with Gasteiger partial charge in [0.05, 0.1) is 0 Å². The highest BCUT2D eigenvalue weighted by atomic mass is 35.5. The Morgan fingerprint density at radius 2 is 2.14 bits per heavy atom. The van der Waals surface area contributed by atoms with Crippen molar-refractivity contribution >= 4 is 23.2 Å². The second-order valence-corrected chi connectivity index (χ2v) is 6.01. The summed E-state index contributed by atoms with van der Waals surface area (Å²) in [5.74, 6) is -0.0388. The summed E-state index contributed by atoms with van der Waals surface area (Å²) >= 11 is 6.14. The molecule has 0 aliphatic carbocycles. The molecule has 1 saturated heterocycles. The number of carbonyl (C=O) groups excluding carboxylic acids is 1. The highest BCUT2D eigenvalue weighted by molar-refractivity contribution is 6.31. The van der Waals surface area contributed by atoms with Crippen molar-refractivity contribution < 1.29 is 4.79 Å². The molecule has 1 fully saturated rings. The molecule has 116 valence electrons. The molecule has 0 saturated carbocycles. The molecule has 1 amide bonds. The van der Waals surface area contributed by atoms with Crippen LogP contribution in [-0.4, -0.2) is 28.8 Å². The van der Waals surface area contributed by atoms with Crippen molar-refractivity contribution in [3.63, 3.8) is 0 Å². The van der Waals surface area contributed by atoms with Gasteiger partial charge in [-0.3, -0.25) is 9.48 Å². The van der Waals surface area contributed by atoms with Gasteiger partial charge in [-0.05, 0) is 56.6 Å². The maximum atomic E-state index is 13.0. The lowest BCUT2D eigenvalue weighted by atomic mass is 9.87. The predicted molar refractivity (Wildman–Crippen MR) is 87.1 cm³/mol. The van der Waals surface area contributed by atoms with Crippen LogP contribution in [0.2, 0.25) is 5.02 Å². The van der Waals surface area contributed by atoms with Gasteiger partial charge in [0, 0.05) is 23.1 Å². The number of anilines is 1. The first-order valence-electron chi connectivity index (χ1n) is 7.41. The summed E-state index contributed by atoms with van der Waals surface area (Å²) in [6.45, 7) is 3.49. The largest absolute Gasteiger partial charge is 0.324 e. The van der Waals surface area contributed by atoms with Crippen LogP contribution in [0.1, 0.15) is 18.4 Å². The highest BCUT2D eigenvalue weighted by Crippen LogP contribution is 2.30. The van der Waals surface area contributed by atoms with E-state index in [1.165, 1.54) is 0 Å². The van der Waals surface area contributed by atoms with Crippen LogP contribution in [0, 0.1) is 6.92 Å². The lowest BCUT2D eigenvalue weighted by Gasteiger charge is -2.36. The van der Waals surface area contributed by atoms with Crippen molar-refractivity contribution in [2.24, 2.45) is 0 Å². The fourth-order valence-electron chi connectivity index (χ4n) is 2.90. The van der Waals surface area contributed by atoms with E-state index in [1.54, 1.807) is 10.9 Å². The fourth-order valence-corrected chi connectivity index (χ4v) is 3.08. The van der Waals surface area contributed by atoms with Crippen molar-refractivity contribution in [2.75, 3.05) is 18.4 Å². The SMILES string of the molecule is Cc1c(Cl)cccc1NC(=O)C1(n2cccn2)CCNCC1. The number of hydrogen-bond acceptors (Lipinski definition) is 3. The summed E-state index contributed by atoms with van der Waals surface area (Å²) in [6, 6.07) is 7.38. The molecule has 0 atom stereocenters. The smallest absolute Gasteiger partial charge is 0.252 e. The minimum absolute atomic E-state index is 0.0388. The second-order valence-electron chi connectivity index (χ2n) is 5.60. The third-order valence-electron chi connectivity index (χ3n) is 4.31. The minimum Gasteiger partial charge on any atom is -0.324 e. The van der Waals surface area contributed by atoms with Crippen LogP contribution in [0.25, 0.3) is 0 Å². The van der Waals surface area contributed by atoms with Crippen LogP contribution in [0.15, 0.2) is 36.7 Å². The number of benzene rings is 1. The Morgan fingerprint density at radius 3 is 2.82 bits per heavy atom. The zero-order valence-corrected chi connectivity index (χ0v) is 13.2. The van der Waals surface area contributed by atoms with Crippen LogP contribution < -0.4 is 10.6 Å². The number of rotatable bonds is 3. The summed E-state index contributed by atoms with van der Waals surface area (Å²) < 4.78 is 1.78. The van der Waals surface area contributed by atoms with E-state index >= 15 is 0 Å². The van der Waals surface area contributed by atoms with E-state index in [4.69, 9.17) is 11.6 Å². The monoisotopic (exact) mass is 318 g/mol. The van der Waals surface area contributed by atoms with Crippen LogP contribution in [0.5, 0.6) is 0 Å². The third-order valence-corrected chi connectivity index (χ3v) is 4.72. The number of hydrogen-bond donors (Lipinski definition) is 2. The van der Waals surface area contributed by atoms with E-state index in [1.807, 2.05) is 37.4 Å². The van der Waals surface area contributed by atoms with Gasteiger partial charge in [0.2, 0.25) is 0 Å². The van der Waals surface area contributed by atoms with Crippen molar-refractivity contribution in [3.8, 4) is 0 Å². The Balaban J connectivity index is 1.92. The molecule has 22 heavy (non-hydrogen) atoms. The second kappa shape index (κ2) is 6.10. The van der Waals surface area contributed by atoms with E-state index in [-0.39, 0.29) is 5.91 Å². The summed E-state index contributed by atoms with van der Waals surface area (Å²) in [5, 5.41) is 11.3. The lowest BCUT2D eigenvalue weighted by molar-refractivity contribution is -0.126. The molecule has 0 radical (unpaired) electrons. The Morgan fingerprint density at radius 1 is 1.36 bits per heavy atom. The zero-order chi connectivity index (χ0) is 15.6. The molecule has 1 aliphatic heterocycles. The minimum atomic E-state index is -0.649. The molecule has 0 spiro atoms. The van der Waals surface area contributed by atoms with Crippen LogP contribution >= 0.6 is 11.6 Å². The molecule has 3 rings (SSSR count). The number of aromatic nitrogens is 2. The summed E-state index contributed by atoms with van der Waals surface area (Å²) in [7, 11) is 0. The molecule has 2 aromatic rings. The first-order chi connectivity index (χ1) is 10.6. The average molecular weight is 319 g/mol. The van der Waals surface area contributed by atoms with Gasteiger partial charge in [-0.15, -0.1) is 0 Å². The molecule has 2 heterocycles. The van der Waals surface area contributed by atoms with E-state index in [0.717, 1.165) is 24.3 Å². The van der Waals surface area contributed by atoms with Crippen LogP contribution in [0.4, 0.5) is 5.69 Å². The molecule has 5 nitrogen and oxygen atoms in total. The summed E-state index contributed by atoms with van der Waals surface area (Å²) in [4.78, 5) is 13.0. The maximum Gasteiger partial charge on any atom is 0.252 e. The van der Waals surface area contributed by atoms with E-state index in [2.05, 4.69) is 15.7 Å². The molecule has 1 aromatic carbocycles. The van der Waals surface area contributed by atoms with E-state index < -0.39 is 5.54 Å². The molecule has 1 aromatic heterocycles. The topological polar surface area (TPSA) is 59.0 Å². The van der Waals surface area contributed by atoms with Gasteiger partial charge in [0.25, 0.3) is 5.91 Å². The standard InChI is InChI=1S/C16H19ClN4O/c1-12-13(17)4-2-5-14(12)20-15(22)16(6-9-18-10-7-16)21-11-3-8-19-21/h2-5,8,11,18H,6-7,9-10H2,1H3,(H,20,22). The Labute approximate surface area is 134 Å². The highest BCUT2D eigenvalue weighted by Gasteiger charge is 2.42. The number of amides is 1. The molecule has 0 bridgehead atoms. The molecule has 2 N–H and O–H groups in total. The van der Waals surface area contributed by atoms with Crippen molar-refractivity contribution in [3.05, 3.63) is 47.2 Å². The normalized spacial score (nSPS) is 17.2. The number of nitrogens with zero attached hydrogens (tertiary/aromatic N) is 2. The van der Waals surface area contributed by atoms with Gasteiger partial charge in [-0.25, -0.2) is 0 Å². The van der Waals surface area contributed by atoms with Gasteiger partial charge in [0.1, 0.15) is 5.54 Å².